The third-order valence-corrected chi connectivity index (χ3v) is 5.89. The Morgan fingerprint density at radius 2 is 1.83 bits per heavy atom. The summed E-state index contributed by atoms with van der Waals surface area (Å²) in [6.07, 6.45) is 4.92. The number of nitrogens with two attached hydrogens (primary N) is 1. The van der Waals surface area contributed by atoms with Crippen molar-refractivity contribution >= 4 is 5.91 Å². The fourth-order valence-electron chi connectivity index (χ4n) is 4.24. The molecule has 0 spiro atoms. The zero-order valence-corrected chi connectivity index (χ0v) is 14.1. The highest BCUT2D eigenvalue weighted by Gasteiger charge is 2.43. The molecule has 1 aliphatic carbocycles. The molecule has 2 fully saturated rings. The molecule has 132 valence electrons. The summed E-state index contributed by atoms with van der Waals surface area (Å²) in [5.74, 6) is 0.0177. The number of rotatable bonds is 4. The number of nitrogens with zero attached hydrogens (tertiary/aromatic N) is 1. The molecule has 1 heterocycles. The topological polar surface area (TPSA) is 66.6 Å². The van der Waals surface area contributed by atoms with Gasteiger partial charge in [-0.15, -0.1) is 0 Å². The Bertz CT molecular complexity index is 561. The zero-order chi connectivity index (χ0) is 17.2. The molecule has 1 aromatic rings. The summed E-state index contributed by atoms with van der Waals surface area (Å²) in [4.78, 5) is 14.8. The van der Waals surface area contributed by atoms with Crippen LogP contribution in [0.3, 0.4) is 0 Å². The lowest BCUT2D eigenvalue weighted by atomic mass is 9.82. The van der Waals surface area contributed by atoms with Gasteiger partial charge in [-0.05, 0) is 49.3 Å². The molecule has 3 rings (SSSR count). The van der Waals surface area contributed by atoms with Crippen LogP contribution in [0.2, 0.25) is 0 Å². The van der Waals surface area contributed by atoms with Crippen molar-refractivity contribution in [2.24, 2.45) is 17.1 Å². The maximum atomic E-state index is 13.0. The molecule has 1 unspecified atom stereocenters. The van der Waals surface area contributed by atoms with Crippen LogP contribution in [-0.4, -0.2) is 35.5 Å². The monoisotopic (exact) mass is 334 g/mol. The van der Waals surface area contributed by atoms with Gasteiger partial charge in [0.25, 0.3) is 0 Å². The van der Waals surface area contributed by atoms with Crippen LogP contribution in [0.5, 0.6) is 0 Å². The van der Waals surface area contributed by atoms with Gasteiger partial charge < -0.3 is 15.7 Å². The van der Waals surface area contributed by atoms with Crippen molar-refractivity contribution in [2.75, 3.05) is 19.6 Å². The molecule has 1 saturated carbocycles. The number of hydrogen-bond donors (Lipinski definition) is 2. The normalized spacial score (nSPS) is 22.5. The van der Waals surface area contributed by atoms with Crippen LogP contribution in [0.15, 0.2) is 24.3 Å². The molecule has 1 atom stereocenters. The van der Waals surface area contributed by atoms with Gasteiger partial charge >= 0.3 is 0 Å². The lowest BCUT2D eigenvalue weighted by molar-refractivity contribution is -0.143. The maximum Gasteiger partial charge on any atom is 0.230 e. The first-order chi connectivity index (χ1) is 11.6. The van der Waals surface area contributed by atoms with E-state index in [1.807, 2.05) is 4.90 Å². The molecule has 1 amide bonds. The molecule has 4 nitrogen and oxygen atoms in total. The van der Waals surface area contributed by atoms with Gasteiger partial charge in [0.1, 0.15) is 5.82 Å². The van der Waals surface area contributed by atoms with Crippen LogP contribution < -0.4 is 5.73 Å². The highest BCUT2D eigenvalue weighted by molar-refractivity contribution is 5.83. The van der Waals surface area contributed by atoms with Crippen LogP contribution in [0, 0.1) is 17.2 Å². The van der Waals surface area contributed by atoms with Gasteiger partial charge in [-0.1, -0.05) is 25.0 Å². The van der Waals surface area contributed by atoms with E-state index in [1.54, 1.807) is 12.1 Å². The minimum atomic E-state index is -0.599. The molecule has 0 aromatic heterocycles. The first-order valence-corrected chi connectivity index (χ1v) is 8.99. The van der Waals surface area contributed by atoms with Crippen molar-refractivity contribution in [3.8, 4) is 0 Å². The molecule has 1 saturated heterocycles. The van der Waals surface area contributed by atoms with Crippen molar-refractivity contribution < 1.29 is 14.3 Å². The van der Waals surface area contributed by atoms with E-state index >= 15 is 0 Å². The Morgan fingerprint density at radius 1 is 1.25 bits per heavy atom. The lowest BCUT2D eigenvalue weighted by Gasteiger charge is -2.39. The van der Waals surface area contributed by atoms with Crippen LogP contribution in [0.1, 0.15) is 50.2 Å². The van der Waals surface area contributed by atoms with Gasteiger partial charge in [0, 0.05) is 19.6 Å². The van der Waals surface area contributed by atoms with Gasteiger partial charge in [-0.3, -0.25) is 4.79 Å². The maximum absolute atomic E-state index is 13.0. The summed E-state index contributed by atoms with van der Waals surface area (Å²) in [6.45, 7) is 1.77. The Balaban J connectivity index is 1.59. The summed E-state index contributed by atoms with van der Waals surface area (Å²) in [6, 6.07) is 6.03. The molecule has 1 aliphatic heterocycles. The Morgan fingerprint density at radius 3 is 2.38 bits per heavy atom. The van der Waals surface area contributed by atoms with Gasteiger partial charge in [0.2, 0.25) is 5.91 Å². The quantitative estimate of drug-likeness (QED) is 0.889. The SMILES string of the molecule is NCC1(C(=O)N2CCC(C(O)c3ccc(F)cc3)CC2)CCCC1. The summed E-state index contributed by atoms with van der Waals surface area (Å²) in [5, 5.41) is 10.5. The molecule has 24 heavy (non-hydrogen) atoms. The van der Waals surface area contributed by atoms with Crippen LogP contribution in [-0.2, 0) is 4.79 Å². The third kappa shape index (κ3) is 3.33. The third-order valence-electron chi connectivity index (χ3n) is 5.89. The summed E-state index contributed by atoms with van der Waals surface area (Å²) in [7, 11) is 0. The van der Waals surface area contributed by atoms with Crippen molar-refractivity contribution in [1.29, 1.82) is 0 Å². The van der Waals surface area contributed by atoms with E-state index in [0.717, 1.165) is 44.1 Å². The van der Waals surface area contributed by atoms with Crippen molar-refractivity contribution in [3.63, 3.8) is 0 Å². The van der Waals surface area contributed by atoms with E-state index in [-0.39, 0.29) is 23.1 Å². The average molecular weight is 334 g/mol. The number of amides is 1. The van der Waals surface area contributed by atoms with E-state index in [9.17, 15) is 14.3 Å². The Hall–Kier alpha value is -1.46. The number of benzene rings is 1. The molecule has 0 bridgehead atoms. The Labute approximate surface area is 142 Å². The molecule has 1 aromatic carbocycles. The summed E-state index contributed by atoms with van der Waals surface area (Å²) in [5.41, 5.74) is 6.32. The molecule has 3 N–H and O–H groups in total. The van der Waals surface area contributed by atoms with Gasteiger partial charge in [-0.2, -0.15) is 0 Å². The smallest absolute Gasteiger partial charge is 0.230 e. The highest BCUT2D eigenvalue weighted by atomic mass is 19.1. The number of carbonyl (C=O) groups is 1. The molecule has 0 radical (unpaired) electrons. The van der Waals surface area contributed by atoms with Crippen molar-refractivity contribution in [3.05, 3.63) is 35.6 Å². The van der Waals surface area contributed by atoms with E-state index < -0.39 is 6.10 Å². The minimum Gasteiger partial charge on any atom is -0.388 e. The second kappa shape index (κ2) is 7.19. The highest BCUT2D eigenvalue weighted by Crippen LogP contribution is 2.40. The standard InChI is InChI=1S/C19H27FN2O2/c20-16-5-3-14(4-6-16)17(23)15-7-11-22(12-8-15)18(24)19(13-21)9-1-2-10-19/h3-6,15,17,23H,1-2,7-13,21H2. The fourth-order valence-corrected chi connectivity index (χ4v) is 4.24. The van der Waals surface area contributed by atoms with Crippen LogP contribution in [0.4, 0.5) is 4.39 Å². The molecule has 2 aliphatic rings. The van der Waals surface area contributed by atoms with E-state index in [4.69, 9.17) is 5.73 Å². The second-order valence-corrected chi connectivity index (χ2v) is 7.32. The van der Waals surface area contributed by atoms with E-state index in [0.29, 0.717) is 19.6 Å². The van der Waals surface area contributed by atoms with Crippen molar-refractivity contribution in [1.82, 2.24) is 4.90 Å². The average Bonchev–Trinajstić information content (AvgIpc) is 3.11. The second-order valence-electron chi connectivity index (χ2n) is 7.32. The van der Waals surface area contributed by atoms with Crippen LogP contribution in [0.25, 0.3) is 0 Å². The minimum absolute atomic E-state index is 0.108. The van der Waals surface area contributed by atoms with Crippen molar-refractivity contribution in [2.45, 2.75) is 44.6 Å². The number of likely N-dealkylation sites (tertiary alicyclic amines) is 1. The number of halogens is 1. The lowest BCUT2D eigenvalue weighted by Crippen LogP contribution is -2.49. The fraction of sp³-hybridized carbons (Fsp3) is 0.632. The number of aliphatic hydroxyl groups is 1. The van der Waals surface area contributed by atoms with Gasteiger partial charge in [0.05, 0.1) is 11.5 Å². The van der Waals surface area contributed by atoms with Gasteiger partial charge in [-0.25, -0.2) is 4.39 Å². The number of aliphatic hydroxyl groups excluding tert-OH is 1. The Kier molecular flexibility index (Phi) is 5.21. The summed E-state index contributed by atoms with van der Waals surface area (Å²) < 4.78 is 13.0. The van der Waals surface area contributed by atoms with Gasteiger partial charge in [0.15, 0.2) is 0 Å². The summed E-state index contributed by atoms with van der Waals surface area (Å²) >= 11 is 0. The zero-order valence-electron chi connectivity index (χ0n) is 14.1. The number of hydrogen-bond acceptors (Lipinski definition) is 3. The van der Waals surface area contributed by atoms with Crippen LogP contribution >= 0.6 is 0 Å². The molecular weight excluding hydrogens is 307 g/mol. The molecular formula is C19H27FN2O2. The van der Waals surface area contributed by atoms with E-state index in [2.05, 4.69) is 0 Å². The molecule has 5 heteroatoms. The largest absolute Gasteiger partial charge is 0.388 e. The predicted molar refractivity (Wildman–Crippen MR) is 90.6 cm³/mol. The predicted octanol–water partition coefficient (Wildman–Crippen LogP) is 2.62. The number of piperidine rings is 1. The van der Waals surface area contributed by atoms with E-state index in [1.165, 1.54) is 12.1 Å². The first-order valence-electron chi connectivity index (χ1n) is 8.99. The first kappa shape index (κ1) is 17.4. The number of carbonyl (C=O) groups excluding carboxylic acids is 1.